The number of carbonyl (C=O) groups is 1. The Morgan fingerprint density at radius 2 is 2.00 bits per heavy atom. The number of nitrogens with zero attached hydrogens (tertiary/aromatic N) is 2. The maximum Gasteiger partial charge on any atom is 0.250 e. The molecule has 29 heavy (non-hydrogen) atoms. The number of unbranched alkanes of at least 4 members (excludes halogenated alkanes) is 3. The summed E-state index contributed by atoms with van der Waals surface area (Å²) in [6, 6.07) is 15.7. The predicted octanol–water partition coefficient (Wildman–Crippen LogP) is 5.50. The van der Waals surface area contributed by atoms with Crippen LogP contribution in [0.15, 0.2) is 58.0 Å². The smallest absolute Gasteiger partial charge is 0.250 e. The second-order valence-corrected chi connectivity index (χ2v) is 8.76. The molecule has 0 radical (unpaired) electrons. The van der Waals surface area contributed by atoms with Crippen molar-refractivity contribution in [1.29, 1.82) is 0 Å². The first-order valence-corrected chi connectivity index (χ1v) is 11.6. The van der Waals surface area contributed by atoms with E-state index >= 15 is 0 Å². The standard InChI is InChI=1S/C22H25N3O2S2/c1-2-3-4-7-14-27-18-12-10-17(11-13-18)15-23-25-21(26)16-28-22-24-19-8-5-6-9-20(19)29-22/h5-6,8-13,15H,2-4,7,14,16H2,1H3,(H,25,26)/b23-15+. The average Bonchev–Trinajstić information content (AvgIpc) is 3.16. The lowest BCUT2D eigenvalue weighted by Gasteiger charge is -2.05. The summed E-state index contributed by atoms with van der Waals surface area (Å²) in [6.07, 6.45) is 6.40. The van der Waals surface area contributed by atoms with Gasteiger partial charge in [0.05, 0.1) is 28.8 Å². The maximum absolute atomic E-state index is 12.0. The molecule has 1 N–H and O–H groups in total. The first kappa shape index (κ1) is 21.3. The van der Waals surface area contributed by atoms with E-state index in [1.54, 1.807) is 17.6 Å². The van der Waals surface area contributed by atoms with Crippen molar-refractivity contribution in [2.75, 3.05) is 12.4 Å². The molecule has 7 heteroatoms. The number of fused-ring (bicyclic) bond motifs is 1. The molecule has 1 heterocycles. The van der Waals surface area contributed by atoms with Crippen LogP contribution in [0.25, 0.3) is 10.2 Å². The summed E-state index contributed by atoms with van der Waals surface area (Å²) in [5.74, 6) is 0.981. The van der Waals surface area contributed by atoms with Crippen LogP contribution in [0, 0.1) is 0 Å². The quantitative estimate of drug-likeness (QED) is 0.190. The minimum Gasteiger partial charge on any atom is -0.494 e. The molecule has 5 nitrogen and oxygen atoms in total. The Morgan fingerprint density at radius 1 is 1.17 bits per heavy atom. The summed E-state index contributed by atoms with van der Waals surface area (Å²) in [4.78, 5) is 16.5. The monoisotopic (exact) mass is 427 g/mol. The van der Waals surface area contributed by atoms with Crippen LogP contribution in [0.3, 0.4) is 0 Å². The summed E-state index contributed by atoms with van der Waals surface area (Å²) >= 11 is 3.01. The summed E-state index contributed by atoms with van der Waals surface area (Å²) in [5, 5.41) is 4.03. The second-order valence-electron chi connectivity index (χ2n) is 6.51. The molecule has 2 aromatic carbocycles. The van der Waals surface area contributed by atoms with Crippen molar-refractivity contribution in [2.45, 2.75) is 36.9 Å². The lowest BCUT2D eigenvalue weighted by molar-refractivity contribution is -0.118. The number of thiazole rings is 1. The molecule has 0 aliphatic heterocycles. The van der Waals surface area contributed by atoms with Crippen molar-refractivity contribution in [2.24, 2.45) is 5.10 Å². The van der Waals surface area contributed by atoms with E-state index in [-0.39, 0.29) is 11.7 Å². The zero-order chi connectivity index (χ0) is 20.3. The van der Waals surface area contributed by atoms with Crippen LogP contribution in [-0.4, -0.2) is 29.5 Å². The molecule has 0 aliphatic rings. The lowest BCUT2D eigenvalue weighted by atomic mass is 10.2. The number of rotatable bonds is 11. The topological polar surface area (TPSA) is 63.6 Å². The van der Waals surface area contributed by atoms with Crippen LogP contribution in [-0.2, 0) is 4.79 Å². The number of aromatic nitrogens is 1. The van der Waals surface area contributed by atoms with Gasteiger partial charge >= 0.3 is 0 Å². The van der Waals surface area contributed by atoms with Crippen molar-refractivity contribution in [1.82, 2.24) is 10.4 Å². The third-order valence-electron chi connectivity index (χ3n) is 4.15. The molecular weight excluding hydrogens is 402 g/mol. The van der Waals surface area contributed by atoms with Crippen molar-refractivity contribution in [3.05, 3.63) is 54.1 Å². The van der Waals surface area contributed by atoms with Gasteiger partial charge < -0.3 is 4.74 Å². The van der Waals surface area contributed by atoms with Crippen LogP contribution in [0.4, 0.5) is 0 Å². The zero-order valence-electron chi connectivity index (χ0n) is 16.5. The van der Waals surface area contributed by atoms with Crippen LogP contribution in [0.1, 0.15) is 38.2 Å². The normalized spacial score (nSPS) is 11.2. The van der Waals surface area contributed by atoms with E-state index in [1.807, 2.05) is 48.5 Å². The number of hydrazone groups is 1. The fourth-order valence-corrected chi connectivity index (χ4v) is 4.48. The Morgan fingerprint density at radius 3 is 2.79 bits per heavy atom. The third kappa shape index (κ3) is 7.18. The Labute approximate surface area is 179 Å². The number of para-hydroxylation sites is 1. The minimum atomic E-state index is -0.155. The van der Waals surface area contributed by atoms with Crippen molar-refractivity contribution in [3.63, 3.8) is 0 Å². The summed E-state index contributed by atoms with van der Waals surface area (Å²) in [7, 11) is 0. The predicted molar refractivity (Wildman–Crippen MR) is 122 cm³/mol. The largest absolute Gasteiger partial charge is 0.494 e. The van der Waals surface area contributed by atoms with Gasteiger partial charge in [-0.05, 0) is 48.4 Å². The number of ether oxygens (including phenoxy) is 1. The van der Waals surface area contributed by atoms with Gasteiger partial charge in [0.2, 0.25) is 0 Å². The number of hydrogen-bond acceptors (Lipinski definition) is 6. The minimum absolute atomic E-state index is 0.155. The number of thioether (sulfide) groups is 1. The lowest BCUT2D eigenvalue weighted by Crippen LogP contribution is -2.19. The van der Waals surface area contributed by atoms with Crippen LogP contribution in [0.2, 0.25) is 0 Å². The number of hydrogen-bond donors (Lipinski definition) is 1. The first-order chi connectivity index (χ1) is 14.2. The molecule has 0 aliphatic carbocycles. The SMILES string of the molecule is CCCCCCOc1ccc(/C=N/NC(=O)CSc2nc3ccccc3s2)cc1. The molecule has 152 valence electrons. The van der Waals surface area contributed by atoms with Gasteiger partial charge in [-0.2, -0.15) is 5.10 Å². The van der Waals surface area contributed by atoms with Gasteiger partial charge in [0.25, 0.3) is 5.91 Å². The molecule has 0 atom stereocenters. The van der Waals surface area contributed by atoms with E-state index in [9.17, 15) is 4.79 Å². The fraction of sp³-hybridized carbons (Fsp3) is 0.318. The van der Waals surface area contributed by atoms with Gasteiger partial charge in [0, 0.05) is 0 Å². The van der Waals surface area contributed by atoms with E-state index in [1.165, 1.54) is 31.0 Å². The number of nitrogens with one attached hydrogen (secondary N) is 1. The number of amides is 1. The highest BCUT2D eigenvalue weighted by Crippen LogP contribution is 2.28. The Kier molecular flexibility index (Phi) is 8.52. The second kappa shape index (κ2) is 11.6. The molecule has 0 saturated heterocycles. The first-order valence-electron chi connectivity index (χ1n) is 9.78. The zero-order valence-corrected chi connectivity index (χ0v) is 18.1. The van der Waals surface area contributed by atoms with Gasteiger partial charge in [-0.1, -0.05) is 50.1 Å². The van der Waals surface area contributed by atoms with E-state index < -0.39 is 0 Å². The Bertz CT molecular complexity index is 906. The van der Waals surface area contributed by atoms with E-state index in [0.29, 0.717) is 0 Å². The molecule has 0 bridgehead atoms. The van der Waals surface area contributed by atoms with E-state index in [0.717, 1.165) is 38.9 Å². The van der Waals surface area contributed by atoms with Gasteiger partial charge in [-0.3, -0.25) is 4.79 Å². The molecule has 1 aromatic heterocycles. The van der Waals surface area contributed by atoms with Gasteiger partial charge in [-0.25, -0.2) is 10.4 Å². The van der Waals surface area contributed by atoms with E-state index in [4.69, 9.17) is 4.74 Å². The maximum atomic E-state index is 12.0. The highest BCUT2D eigenvalue weighted by atomic mass is 32.2. The Balaban J connectivity index is 1.38. The number of carbonyl (C=O) groups excluding carboxylic acids is 1. The van der Waals surface area contributed by atoms with Gasteiger partial charge in [0.1, 0.15) is 5.75 Å². The van der Waals surface area contributed by atoms with Gasteiger partial charge in [0.15, 0.2) is 4.34 Å². The summed E-state index contributed by atoms with van der Waals surface area (Å²) in [5.41, 5.74) is 4.43. The van der Waals surface area contributed by atoms with Crippen molar-refractivity contribution >= 4 is 45.4 Å². The highest BCUT2D eigenvalue weighted by Gasteiger charge is 2.06. The summed E-state index contributed by atoms with van der Waals surface area (Å²) < 4.78 is 7.74. The molecule has 0 spiro atoms. The fourth-order valence-electron chi connectivity index (χ4n) is 2.62. The molecule has 0 fully saturated rings. The molecule has 0 unspecified atom stereocenters. The van der Waals surface area contributed by atoms with Gasteiger partial charge in [-0.15, -0.1) is 11.3 Å². The van der Waals surface area contributed by atoms with E-state index in [2.05, 4.69) is 22.4 Å². The van der Waals surface area contributed by atoms with Crippen LogP contribution < -0.4 is 10.2 Å². The third-order valence-corrected chi connectivity index (χ3v) is 6.33. The average molecular weight is 428 g/mol. The molecule has 3 rings (SSSR count). The van der Waals surface area contributed by atoms with Crippen LogP contribution >= 0.6 is 23.1 Å². The molecular formula is C22H25N3O2S2. The van der Waals surface area contributed by atoms with Crippen molar-refractivity contribution < 1.29 is 9.53 Å². The highest BCUT2D eigenvalue weighted by molar-refractivity contribution is 8.01. The summed E-state index contributed by atoms with van der Waals surface area (Å²) in [6.45, 7) is 2.95. The molecule has 0 saturated carbocycles. The van der Waals surface area contributed by atoms with Crippen molar-refractivity contribution in [3.8, 4) is 5.75 Å². The number of benzene rings is 2. The molecule has 1 amide bonds. The Hall–Kier alpha value is -2.38. The van der Waals surface area contributed by atoms with Crippen LogP contribution in [0.5, 0.6) is 5.75 Å². The molecule has 3 aromatic rings.